The number of guanidine groups is 1. The van der Waals surface area contributed by atoms with Crippen molar-refractivity contribution < 1.29 is 0 Å². The maximum Gasteiger partial charge on any atom is 0.191 e. The number of hydrogen-bond acceptors (Lipinski definition) is 3. The van der Waals surface area contributed by atoms with E-state index in [1.54, 1.807) is 6.33 Å². The average molecular weight is 368 g/mol. The molecule has 27 heavy (non-hydrogen) atoms. The van der Waals surface area contributed by atoms with Crippen LogP contribution in [0.1, 0.15) is 30.8 Å². The summed E-state index contributed by atoms with van der Waals surface area (Å²) in [6, 6.07) is 6.36. The van der Waals surface area contributed by atoms with Crippen molar-refractivity contribution >= 4 is 16.9 Å². The number of aliphatic imine (C=N–C) groups is 1. The quantitative estimate of drug-likeness (QED) is 0.422. The van der Waals surface area contributed by atoms with E-state index in [1.807, 2.05) is 0 Å². The fraction of sp³-hybridized carbons (Fsp3) is 0.450. The predicted molar refractivity (Wildman–Crippen MR) is 110 cm³/mol. The Bertz CT molecular complexity index is 891. The molecule has 3 aromatic rings. The molecule has 0 amide bonds. The van der Waals surface area contributed by atoms with Crippen LogP contribution in [0.25, 0.3) is 10.9 Å². The van der Waals surface area contributed by atoms with Gasteiger partial charge in [-0.3, -0.25) is 4.99 Å². The smallest absolute Gasteiger partial charge is 0.191 e. The molecular formula is C20H29N7. The van der Waals surface area contributed by atoms with Gasteiger partial charge in [-0.25, -0.2) is 0 Å². The third-order valence-corrected chi connectivity index (χ3v) is 4.65. The van der Waals surface area contributed by atoms with Gasteiger partial charge in [-0.05, 0) is 37.5 Å². The van der Waals surface area contributed by atoms with Crippen LogP contribution in [0.15, 0.2) is 35.7 Å². The summed E-state index contributed by atoms with van der Waals surface area (Å²) in [6.45, 7) is 9.50. The Hall–Kier alpha value is -2.83. The summed E-state index contributed by atoms with van der Waals surface area (Å²) in [4.78, 5) is 8.08. The summed E-state index contributed by atoms with van der Waals surface area (Å²) in [7, 11) is 0. The molecule has 144 valence electrons. The molecular weight excluding hydrogens is 338 g/mol. The topological polar surface area (TPSA) is 82.9 Å². The number of rotatable bonds is 8. The Kier molecular flexibility index (Phi) is 6.46. The van der Waals surface area contributed by atoms with E-state index in [-0.39, 0.29) is 0 Å². The van der Waals surface area contributed by atoms with Crippen molar-refractivity contribution in [3.8, 4) is 0 Å². The summed E-state index contributed by atoms with van der Waals surface area (Å²) < 4.78 is 2.07. The molecule has 0 aliphatic rings. The van der Waals surface area contributed by atoms with Gasteiger partial charge >= 0.3 is 0 Å². The Morgan fingerprint density at radius 2 is 2.15 bits per heavy atom. The lowest BCUT2D eigenvalue weighted by Gasteiger charge is -2.12. The van der Waals surface area contributed by atoms with Crippen molar-refractivity contribution in [2.24, 2.45) is 4.99 Å². The van der Waals surface area contributed by atoms with Gasteiger partial charge in [-0.1, -0.05) is 19.1 Å². The minimum atomic E-state index is 0.740. The SMILES string of the molecule is CCNC(=NCCc1c[nH]c2cccc(C)c12)NCCn1cnnc1CC. The molecule has 3 N–H and O–H groups in total. The molecule has 0 aliphatic carbocycles. The maximum absolute atomic E-state index is 4.73. The van der Waals surface area contributed by atoms with E-state index in [0.29, 0.717) is 0 Å². The van der Waals surface area contributed by atoms with Crippen molar-refractivity contribution in [2.75, 3.05) is 19.6 Å². The van der Waals surface area contributed by atoms with Crippen molar-refractivity contribution in [1.29, 1.82) is 0 Å². The fourth-order valence-corrected chi connectivity index (χ4v) is 3.31. The highest BCUT2D eigenvalue weighted by Gasteiger charge is 2.06. The summed E-state index contributed by atoms with van der Waals surface area (Å²) in [5.41, 5.74) is 3.82. The minimum absolute atomic E-state index is 0.740. The first-order chi connectivity index (χ1) is 13.2. The van der Waals surface area contributed by atoms with Crippen molar-refractivity contribution in [3.05, 3.63) is 47.7 Å². The predicted octanol–water partition coefficient (Wildman–Crippen LogP) is 2.43. The van der Waals surface area contributed by atoms with Crippen LogP contribution in [0.3, 0.4) is 0 Å². The Morgan fingerprint density at radius 3 is 2.96 bits per heavy atom. The third kappa shape index (κ3) is 4.67. The molecule has 0 saturated carbocycles. The van der Waals surface area contributed by atoms with Gasteiger partial charge in [0.1, 0.15) is 12.2 Å². The molecule has 7 nitrogen and oxygen atoms in total. The second-order valence-electron chi connectivity index (χ2n) is 6.54. The molecule has 0 unspecified atom stereocenters. The van der Waals surface area contributed by atoms with Crippen molar-refractivity contribution in [2.45, 2.75) is 40.2 Å². The molecule has 0 bridgehead atoms. The summed E-state index contributed by atoms with van der Waals surface area (Å²) in [5.74, 6) is 1.86. The monoisotopic (exact) mass is 367 g/mol. The van der Waals surface area contributed by atoms with Gasteiger partial charge in [0, 0.05) is 49.7 Å². The van der Waals surface area contributed by atoms with Crippen LogP contribution in [0, 0.1) is 6.92 Å². The van der Waals surface area contributed by atoms with Gasteiger partial charge in [0.25, 0.3) is 0 Å². The first-order valence-electron chi connectivity index (χ1n) is 9.67. The summed E-state index contributed by atoms with van der Waals surface area (Å²) >= 11 is 0. The number of aromatic amines is 1. The van der Waals surface area contributed by atoms with Gasteiger partial charge in [-0.15, -0.1) is 10.2 Å². The number of hydrogen-bond donors (Lipinski definition) is 3. The minimum Gasteiger partial charge on any atom is -0.361 e. The van der Waals surface area contributed by atoms with Crippen LogP contribution >= 0.6 is 0 Å². The molecule has 2 heterocycles. The lowest BCUT2D eigenvalue weighted by molar-refractivity contribution is 0.632. The highest BCUT2D eigenvalue weighted by atomic mass is 15.3. The van der Waals surface area contributed by atoms with Crippen LogP contribution in [0.4, 0.5) is 0 Å². The average Bonchev–Trinajstić information content (AvgIpc) is 3.29. The Balaban J connectivity index is 1.57. The van der Waals surface area contributed by atoms with E-state index >= 15 is 0 Å². The van der Waals surface area contributed by atoms with Crippen LogP contribution in [0.5, 0.6) is 0 Å². The van der Waals surface area contributed by atoms with E-state index in [2.05, 4.69) is 75.5 Å². The standard InChI is InChI=1S/C20H29N7/c1-4-18-26-25-14-27(18)12-11-23-20(21-5-2)22-10-9-16-13-24-17-8-6-7-15(3)19(16)17/h6-8,13-14,24H,4-5,9-12H2,1-3H3,(H2,21,22,23). The zero-order valence-electron chi connectivity index (χ0n) is 16.4. The van der Waals surface area contributed by atoms with E-state index in [9.17, 15) is 0 Å². The van der Waals surface area contributed by atoms with Crippen molar-refractivity contribution in [3.63, 3.8) is 0 Å². The molecule has 0 atom stereocenters. The van der Waals surface area contributed by atoms with Crippen LogP contribution in [-0.4, -0.2) is 45.3 Å². The van der Waals surface area contributed by atoms with Crippen molar-refractivity contribution in [1.82, 2.24) is 30.4 Å². The number of nitrogens with one attached hydrogen (secondary N) is 3. The van der Waals surface area contributed by atoms with E-state index < -0.39 is 0 Å². The number of fused-ring (bicyclic) bond motifs is 1. The highest BCUT2D eigenvalue weighted by molar-refractivity contribution is 5.86. The summed E-state index contributed by atoms with van der Waals surface area (Å²) in [5, 5.41) is 16.1. The van der Waals surface area contributed by atoms with Crippen LogP contribution < -0.4 is 10.6 Å². The van der Waals surface area contributed by atoms with Crippen LogP contribution in [-0.2, 0) is 19.4 Å². The first-order valence-corrected chi connectivity index (χ1v) is 9.67. The van der Waals surface area contributed by atoms with E-state index in [0.717, 1.165) is 50.8 Å². The lowest BCUT2D eigenvalue weighted by atomic mass is 10.1. The Morgan fingerprint density at radius 1 is 1.26 bits per heavy atom. The number of aryl methyl sites for hydroxylation is 2. The number of aromatic nitrogens is 4. The second-order valence-corrected chi connectivity index (χ2v) is 6.54. The largest absolute Gasteiger partial charge is 0.361 e. The zero-order chi connectivity index (χ0) is 19.1. The van der Waals surface area contributed by atoms with Crippen LogP contribution in [0.2, 0.25) is 0 Å². The van der Waals surface area contributed by atoms with E-state index in [1.165, 1.54) is 22.0 Å². The summed E-state index contributed by atoms with van der Waals surface area (Å²) in [6.07, 6.45) is 5.68. The van der Waals surface area contributed by atoms with E-state index in [4.69, 9.17) is 4.99 Å². The first kappa shape index (κ1) is 18.9. The lowest BCUT2D eigenvalue weighted by Crippen LogP contribution is -2.39. The molecule has 0 radical (unpaired) electrons. The third-order valence-electron chi connectivity index (χ3n) is 4.65. The molecule has 0 spiro atoms. The molecule has 0 saturated heterocycles. The Labute approximate surface area is 160 Å². The molecule has 0 aliphatic heterocycles. The molecule has 2 aromatic heterocycles. The van der Waals surface area contributed by atoms with Gasteiger partial charge in [-0.2, -0.15) is 0 Å². The van der Waals surface area contributed by atoms with Gasteiger partial charge in [0.2, 0.25) is 0 Å². The molecule has 1 aromatic carbocycles. The molecule has 7 heteroatoms. The number of nitrogens with zero attached hydrogens (tertiary/aromatic N) is 4. The normalized spacial score (nSPS) is 11.9. The van der Waals surface area contributed by atoms with Gasteiger partial charge in [0.15, 0.2) is 5.96 Å². The fourth-order valence-electron chi connectivity index (χ4n) is 3.31. The second kappa shape index (κ2) is 9.21. The molecule has 3 rings (SSSR count). The zero-order valence-corrected chi connectivity index (χ0v) is 16.4. The highest BCUT2D eigenvalue weighted by Crippen LogP contribution is 2.22. The molecule has 0 fully saturated rings. The maximum atomic E-state index is 4.73. The van der Waals surface area contributed by atoms with Gasteiger partial charge in [0.05, 0.1) is 0 Å². The number of H-pyrrole nitrogens is 1. The van der Waals surface area contributed by atoms with Gasteiger partial charge < -0.3 is 20.2 Å². The number of benzene rings is 1.